The molecule has 5 nitrogen and oxygen atoms in total. The predicted octanol–water partition coefficient (Wildman–Crippen LogP) is 1.52. The van der Waals surface area contributed by atoms with E-state index in [4.69, 9.17) is 4.74 Å². The van der Waals surface area contributed by atoms with E-state index in [-0.39, 0.29) is 11.9 Å². The molecule has 22 heavy (non-hydrogen) atoms. The van der Waals surface area contributed by atoms with Crippen molar-refractivity contribution in [2.45, 2.75) is 38.8 Å². The van der Waals surface area contributed by atoms with Gasteiger partial charge < -0.3 is 15.4 Å². The molecule has 1 aromatic rings. The molecule has 0 aliphatic heterocycles. The van der Waals surface area contributed by atoms with Gasteiger partial charge in [-0.1, -0.05) is 44.2 Å². The molecule has 122 valence electrons. The second-order valence-electron chi connectivity index (χ2n) is 5.74. The number of esters is 1. The number of hydrogen-bond donors (Lipinski definition) is 2. The van der Waals surface area contributed by atoms with E-state index in [1.807, 2.05) is 30.3 Å². The molecule has 0 aromatic heterocycles. The molecule has 0 unspecified atom stereocenters. The molecule has 1 aromatic carbocycles. The van der Waals surface area contributed by atoms with E-state index in [0.29, 0.717) is 18.8 Å². The molecular formula is C17H26N2O3. The van der Waals surface area contributed by atoms with Crippen molar-refractivity contribution >= 4 is 11.9 Å². The molecule has 0 fully saturated rings. The van der Waals surface area contributed by atoms with Crippen LogP contribution in [-0.2, 0) is 20.7 Å². The molecular weight excluding hydrogens is 280 g/mol. The quantitative estimate of drug-likeness (QED) is 0.715. The summed E-state index contributed by atoms with van der Waals surface area (Å²) in [7, 11) is 3.08. The van der Waals surface area contributed by atoms with Crippen molar-refractivity contribution in [2.24, 2.45) is 5.92 Å². The minimum Gasteiger partial charge on any atom is -0.467 e. The fourth-order valence-electron chi connectivity index (χ4n) is 2.29. The lowest BCUT2D eigenvalue weighted by Gasteiger charge is -2.22. The maximum absolute atomic E-state index is 12.3. The number of carbonyl (C=O) groups excluding carboxylic acids is 2. The molecule has 0 aliphatic carbocycles. The van der Waals surface area contributed by atoms with Gasteiger partial charge in [-0.25, -0.2) is 4.79 Å². The Bertz CT molecular complexity index is 474. The Morgan fingerprint density at radius 3 is 2.27 bits per heavy atom. The van der Waals surface area contributed by atoms with Gasteiger partial charge in [0.05, 0.1) is 13.2 Å². The molecule has 0 heterocycles. The molecule has 0 saturated carbocycles. The monoisotopic (exact) mass is 306 g/mol. The Morgan fingerprint density at radius 1 is 1.14 bits per heavy atom. The van der Waals surface area contributed by atoms with E-state index < -0.39 is 12.0 Å². The lowest BCUT2D eigenvalue weighted by molar-refractivity contribution is -0.145. The fourth-order valence-corrected chi connectivity index (χ4v) is 2.29. The van der Waals surface area contributed by atoms with Crippen LogP contribution in [0.3, 0.4) is 0 Å². The number of amides is 1. The molecule has 2 N–H and O–H groups in total. The summed E-state index contributed by atoms with van der Waals surface area (Å²) in [6.07, 6.45) is 1.12. The third-order valence-corrected chi connectivity index (χ3v) is 3.46. The van der Waals surface area contributed by atoms with Gasteiger partial charge in [-0.3, -0.25) is 4.79 Å². The van der Waals surface area contributed by atoms with Gasteiger partial charge in [0.1, 0.15) is 6.04 Å². The first kappa shape index (κ1) is 18.2. The number of nitrogens with one attached hydrogen (secondary N) is 2. The Morgan fingerprint density at radius 2 is 1.77 bits per heavy atom. The smallest absolute Gasteiger partial charge is 0.328 e. The summed E-state index contributed by atoms with van der Waals surface area (Å²) >= 11 is 0. The highest BCUT2D eigenvalue weighted by Crippen LogP contribution is 2.08. The lowest BCUT2D eigenvalue weighted by atomic mass is 10.0. The van der Waals surface area contributed by atoms with Gasteiger partial charge in [0, 0.05) is 6.42 Å². The van der Waals surface area contributed by atoms with Crippen molar-refractivity contribution in [1.29, 1.82) is 0 Å². The summed E-state index contributed by atoms with van der Waals surface area (Å²) < 4.78 is 4.81. The SMILES string of the molecule is CN[C@H](CC(C)C)C(=O)N[C@H](Cc1ccccc1)C(=O)OC. The van der Waals surface area contributed by atoms with Gasteiger partial charge in [-0.15, -0.1) is 0 Å². The van der Waals surface area contributed by atoms with Gasteiger partial charge in [0.25, 0.3) is 0 Å². The van der Waals surface area contributed by atoms with Crippen LogP contribution < -0.4 is 10.6 Å². The maximum atomic E-state index is 12.3. The Hall–Kier alpha value is -1.88. The molecule has 0 spiro atoms. The second kappa shape index (κ2) is 9.20. The highest BCUT2D eigenvalue weighted by atomic mass is 16.5. The van der Waals surface area contributed by atoms with E-state index in [9.17, 15) is 9.59 Å². The van der Waals surface area contributed by atoms with Crippen molar-refractivity contribution < 1.29 is 14.3 Å². The summed E-state index contributed by atoms with van der Waals surface area (Å²) in [5, 5.41) is 5.79. The summed E-state index contributed by atoms with van der Waals surface area (Å²) in [6.45, 7) is 4.11. The summed E-state index contributed by atoms with van der Waals surface area (Å²) in [6, 6.07) is 8.57. The Balaban J connectivity index is 2.76. The number of likely N-dealkylation sites (N-methyl/N-ethyl adjacent to an activating group) is 1. The van der Waals surface area contributed by atoms with Gasteiger partial charge >= 0.3 is 5.97 Å². The average Bonchev–Trinajstić information content (AvgIpc) is 2.51. The number of ether oxygens (including phenoxy) is 1. The number of carbonyl (C=O) groups is 2. The highest BCUT2D eigenvalue weighted by Gasteiger charge is 2.26. The molecule has 0 aliphatic rings. The summed E-state index contributed by atoms with van der Waals surface area (Å²) in [4.78, 5) is 24.3. The van der Waals surface area contributed by atoms with Crippen LogP contribution in [0, 0.1) is 5.92 Å². The topological polar surface area (TPSA) is 67.4 Å². The number of benzene rings is 1. The lowest BCUT2D eigenvalue weighted by Crippen LogP contribution is -2.50. The number of methoxy groups -OCH3 is 1. The zero-order chi connectivity index (χ0) is 16.5. The molecule has 0 bridgehead atoms. The zero-order valence-corrected chi connectivity index (χ0v) is 13.8. The third kappa shape index (κ3) is 5.85. The minimum atomic E-state index is -0.678. The minimum absolute atomic E-state index is 0.178. The molecule has 1 rings (SSSR count). The molecule has 5 heteroatoms. The normalized spacial score (nSPS) is 13.5. The van der Waals surface area contributed by atoms with Gasteiger partial charge in [-0.05, 0) is 24.9 Å². The number of hydrogen-bond acceptors (Lipinski definition) is 4. The fraction of sp³-hybridized carbons (Fsp3) is 0.529. The standard InChI is InChI=1S/C17H26N2O3/c1-12(2)10-14(18-3)16(20)19-15(17(21)22-4)11-13-8-6-5-7-9-13/h5-9,12,14-15,18H,10-11H2,1-4H3,(H,19,20)/t14-,15-/m1/s1. The predicted molar refractivity (Wildman–Crippen MR) is 86.4 cm³/mol. The molecule has 2 atom stereocenters. The summed E-state index contributed by atoms with van der Waals surface area (Å²) in [5.41, 5.74) is 0.975. The first-order valence-corrected chi connectivity index (χ1v) is 7.57. The van der Waals surface area contributed by atoms with Gasteiger partial charge in [0.2, 0.25) is 5.91 Å². The van der Waals surface area contributed by atoms with Crippen LogP contribution in [0.4, 0.5) is 0 Å². The molecule has 1 amide bonds. The zero-order valence-electron chi connectivity index (χ0n) is 13.8. The average molecular weight is 306 g/mol. The van der Waals surface area contributed by atoms with E-state index >= 15 is 0 Å². The molecule has 0 radical (unpaired) electrons. The van der Waals surface area contributed by atoms with Crippen molar-refractivity contribution in [1.82, 2.24) is 10.6 Å². The van der Waals surface area contributed by atoms with Crippen molar-refractivity contribution in [3.63, 3.8) is 0 Å². The van der Waals surface area contributed by atoms with Gasteiger partial charge in [-0.2, -0.15) is 0 Å². The van der Waals surface area contributed by atoms with E-state index in [1.54, 1.807) is 7.05 Å². The van der Waals surface area contributed by atoms with Crippen LogP contribution in [-0.4, -0.2) is 38.1 Å². The first-order valence-electron chi connectivity index (χ1n) is 7.57. The number of rotatable bonds is 8. The first-order chi connectivity index (χ1) is 10.5. The van der Waals surface area contributed by atoms with Crippen molar-refractivity contribution in [3.05, 3.63) is 35.9 Å². The second-order valence-corrected chi connectivity index (χ2v) is 5.74. The van der Waals surface area contributed by atoms with Gasteiger partial charge in [0.15, 0.2) is 0 Å². The maximum Gasteiger partial charge on any atom is 0.328 e. The van der Waals surface area contributed by atoms with E-state index in [2.05, 4.69) is 24.5 Å². The highest BCUT2D eigenvalue weighted by molar-refractivity contribution is 5.87. The van der Waals surface area contributed by atoms with Crippen LogP contribution in [0.2, 0.25) is 0 Å². The van der Waals surface area contributed by atoms with Crippen LogP contribution in [0.5, 0.6) is 0 Å². The van der Waals surface area contributed by atoms with Crippen molar-refractivity contribution in [2.75, 3.05) is 14.2 Å². The van der Waals surface area contributed by atoms with Crippen molar-refractivity contribution in [3.8, 4) is 0 Å². The van der Waals surface area contributed by atoms with Crippen LogP contribution in [0.25, 0.3) is 0 Å². The molecule has 0 saturated heterocycles. The Kier molecular flexibility index (Phi) is 7.60. The largest absolute Gasteiger partial charge is 0.467 e. The van der Waals surface area contributed by atoms with E-state index in [1.165, 1.54) is 7.11 Å². The Labute approximate surface area is 132 Å². The van der Waals surface area contributed by atoms with Crippen LogP contribution in [0.15, 0.2) is 30.3 Å². The summed E-state index contributed by atoms with van der Waals surface area (Å²) in [5.74, 6) is -0.229. The third-order valence-electron chi connectivity index (χ3n) is 3.46. The van der Waals surface area contributed by atoms with Crippen LogP contribution in [0.1, 0.15) is 25.8 Å². The van der Waals surface area contributed by atoms with E-state index in [0.717, 1.165) is 5.56 Å². The van der Waals surface area contributed by atoms with Crippen LogP contribution >= 0.6 is 0 Å².